The first kappa shape index (κ1) is 17.7. The smallest absolute Gasteiger partial charge is 0.323 e. The van der Waals surface area contributed by atoms with E-state index in [1.165, 1.54) is 25.9 Å². The van der Waals surface area contributed by atoms with Crippen LogP contribution >= 0.6 is 0 Å². The number of hydrogen-bond acceptors (Lipinski definition) is 4. The summed E-state index contributed by atoms with van der Waals surface area (Å²) in [6, 6.07) is 7.93. The Morgan fingerprint density at radius 2 is 1.64 bits per heavy atom. The van der Waals surface area contributed by atoms with Gasteiger partial charge < -0.3 is 9.47 Å². The van der Waals surface area contributed by atoms with Crippen LogP contribution in [0.25, 0.3) is 6.08 Å². The number of carbonyl (C=O) groups excluding carboxylic acids is 2. The van der Waals surface area contributed by atoms with Gasteiger partial charge in [-0.3, -0.25) is 9.59 Å². The molecule has 0 aromatic heterocycles. The highest BCUT2D eigenvalue weighted by Gasteiger charge is 2.46. The lowest BCUT2D eigenvalue weighted by Gasteiger charge is -2.25. The standard InChI is InChI=1S/C18H22O4/c1-5-12-18(16(19)21-3,17(20)22-4)13-6-7-15-10-8-14(2)9-11-15/h5-11H,1,12-13H2,2-4H3/b7-6+. The van der Waals surface area contributed by atoms with Crippen molar-refractivity contribution in [3.05, 3.63) is 54.1 Å². The molecule has 0 radical (unpaired) electrons. The molecule has 0 saturated heterocycles. The van der Waals surface area contributed by atoms with Gasteiger partial charge >= 0.3 is 11.9 Å². The van der Waals surface area contributed by atoms with Gasteiger partial charge in [-0.25, -0.2) is 0 Å². The average Bonchev–Trinajstić information content (AvgIpc) is 2.54. The second-order valence-corrected chi connectivity index (χ2v) is 5.08. The number of ether oxygens (including phenoxy) is 2. The van der Waals surface area contributed by atoms with E-state index in [2.05, 4.69) is 6.58 Å². The van der Waals surface area contributed by atoms with Crippen LogP contribution in [0.15, 0.2) is 43.0 Å². The second-order valence-electron chi connectivity index (χ2n) is 5.08. The first-order valence-corrected chi connectivity index (χ1v) is 7.01. The van der Waals surface area contributed by atoms with Crippen molar-refractivity contribution in [1.82, 2.24) is 0 Å². The zero-order valence-electron chi connectivity index (χ0n) is 13.3. The predicted molar refractivity (Wildman–Crippen MR) is 86.1 cm³/mol. The summed E-state index contributed by atoms with van der Waals surface area (Å²) in [7, 11) is 2.51. The van der Waals surface area contributed by atoms with Crippen molar-refractivity contribution in [2.24, 2.45) is 5.41 Å². The summed E-state index contributed by atoms with van der Waals surface area (Å²) in [4.78, 5) is 24.2. The van der Waals surface area contributed by atoms with Crippen molar-refractivity contribution in [1.29, 1.82) is 0 Å². The van der Waals surface area contributed by atoms with Crippen LogP contribution in [0.3, 0.4) is 0 Å². The minimum Gasteiger partial charge on any atom is -0.468 e. The van der Waals surface area contributed by atoms with Crippen molar-refractivity contribution in [3.8, 4) is 0 Å². The monoisotopic (exact) mass is 302 g/mol. The minimum absolute atomic E-state index is 0.157. The van der Waals surface area contributed by atoms with Crippen molar-refractivity contribution in [3.63, 3.8) is 0 Å². The topological polar surface area (TPSA) is 52.6 Å². The van der Waals surface area contributed by atoms with E-state index in [9.17, 15) is 9.59 Å². The van der Waals surface area contributed by atoms with Gasteiger partial charge in [0.1, 0.15) is 0 Å². The average molecular weight is 302 g/mol. The number of methoxy groups -OCH3 is 2. The molecular weight excluding hydrogens is 280 g/mol. The van der Waals surface area contributed by atoms with Crippen molar-refractivity contribution in [2.75, 3.05) is 14.2 Å². The van der Waals surface area contributed by atoms with E-state index in [4.69, 9.17) is 9.47 Å². The zero-order valence-corrected chi connectivity index (χ0v) is 13.3. The molecule has 0 bridgehead atoms. The Hall–Kier alpha value is -2.36. The van der Waals surface area contributed by atoms with Crippen molar-refractivity contribution in [2.45, 2.75) is 19.8 Å². The van der Waals surface area contributed by atoms with Crippen molar-refractivity contribution >= 4 is 18.0 Å². The van der Waals surface area contributed by atoms with E-state index < -0.39 is 17.4 Å². The molecule has 118 valence electrons. The molecule has 1 aromatic rings. The summed E-state index contributed by atoms with van der Waals surface area (Å²) in [5.74, 6) is -1.24. The van der Waals surface area contributed by atoms with E-state index in [0.717, 1.165) is 5.56 Å². The number of aryl methyl sites for hydroxylation is 1. The third kappa shape index (κ3) is 4.07. The van der Waals surface area contributed by atoms with Gasteiger partial charge in [0.15, 0.2) is 5.41 Å². The molecule has 0 fully saturated rings. The van der Waals surface area contributed by atoms with Crippen molar-refractivity contribution < 1.29 is 19.1 Å². The van der Waals surface area contributed by atoms with Crippen LogP contribution in [0.4, 0.5) is 0 Å². The third-order valence-electron chi connectivity index (χ3n) is 3.50. The summed E-state index contributed by atoms with van der Waals surface area (Å²) in [6.07, 6.45) is 5.51. The fourth-order valence-electron chi connectivity index (χ4n) is 2.21. The highest BCUT2D eigenvalue weighted by Crippen LogP contribution is 2.31. The number of benzene rings is 1. The summed E-state index contributed by atoms with van der Waals surface area (Å²) in [5, 5.41) is 0. The first-order chi connectivity index (χ1) is 10.5. The predicted octanol–water partition coefficient (Wildman–Crippen LogP) is 3.31. The fraction of sp³-hybridized carbons (Fsp3) is 0.333. The van der Waals surface area contributed by atoms with Gasteiger partial charge in [0.25, 0.3) is 0 Å². The lowest BCUT2D eigenvalue weighted by molar-refractivity contribution is -0.168. The lowest BCUT2D eigenvalue weighted by Crippen LogP contribution is -2.40. The Labute approximate surface area is 131 Å². The van der Waals surface area contributed by atoms with Gasteiger partial charge in [0.05, 0.1) is 14.2 Å². The molecule has 0 spiro atoms. The van der Waals surface area contributed by atoms with Gasteiger partial charge in [-0.05, 0) is 25.3 Å². The molecule has 4 nitrogen and oxygen atoms in total. The molecule has 22 heavy (non-hydrogen) atoms. The first-order valence-electron chi connectivity index (χ1n) is 7.01. The van der Waals surface area contributed by atoms with E-state index in [1.54, 1.807) is 6.08 Å². The summed E-state index contributed by atoms with van der Waals surface area (Å²) in [5.41, 5.74) is 0.780. The molecule has 0 unspecified atom stereocenters. The maximum absolute atomic E-state index is 12.1. The summed E-state index contributed by atoms with van der Waals surface area (Å²) in [6.45, 7) is 5.63. The molecule has 1 rings (SSSR count). The number of allylic oxidation sites excluding steroid dienone is 2. The maximum Gasteiger partial charge on any atom is 0.323 e. The molecule has 0 aliphatic rings. The Morgan fingerprint density at radius 3 is 2.09 bits per heavy atom. The summed E-state index contributed by atoms with van der Waals surface area (Å²) >= 11 is 0. The van der Waals surface area contributed by atoms with Gasteiger partial charge in [-0.2, -0.15) is 0 Å². The Morgan fingerprint density at radius 1 is 1.09 bits per heavy atom. The molecule has 0 aliphatic carbocycles. The second kappa shape index (κ2) is 8.17. The van der Waals surface area contributed by atoms with Crippen LogP contribution in [-0.4, -0.2) is 26.2 Å². The number of rotatable bonds is 7. The Bertz CT molecular complexity index is 539. The number of carbonyl (C=O) groups is 2. The van der Waals surface area contributed by atoms with E-state index >= 15 is 0 Å². The van der Waals surface area contributed by atoms with Gasteiger partial charge in [0, 0.05) is 0 Å². The summed E-state index contributed by atoms with van der Waals surface area (Å²) < 4.78 is 9.58. The quantitative estimate of drug-likeness (QED) is 0.440. The minimum atomic E-state index is -1.38. The highest BCUT2D eigenvalue weighted by atomic mass is 16.5. The Balaban J connectivity index is 3.01. The molecule has 4 heteroatoms. The third-order valence-corrected chi connectivity index (χ3v) is 3.50. The highest BCUT2D eigenvalue weighted by molar-refractivity contribution is 6.00. The van der Waals surface area contributed by atoms with Crippen LogP contribution in [0.1, 0.15) is 24.0 Å². The lowest BCUT2D eigenvalue weighted by atomic mass is 9.80. The molecule has 0 heterocycles. The normalized spacial score (nSPS) is 11.2. The van der Waals surface area contributed by atoms with Crippen LogP contribution in [0.5, 0.6) is 0 Å². The molecule has 0 atom stereocenters. The zero-order chi connectivity index (χ0) is 16.6. The van der Waals surface area contributed by atoms with E-state index in [-0.39, 0.29) is 12.8 Å². The molecule has 0 N–H and O–H groups in total. The molecule has 0 amide bonds. The molecule has 0 aliphatic heterocycles. The van der Waals surface area contributed by atoms with Gasteiger partial charge in [-0.15, -0.1) is 6.58 Å². The number of hydrogen-bond donors (Lipinski definition) is 0. The van der Waals surface area contributed by atoms with Crippen LogP contribution in [-0.2, 0) is 19.1 Å². The van der Waals surface area contributed by atoms with Gasteiger partial charge in [-0.1, -0.05) is 48.1 Å². The van der Waals surface area contributed by atoms with Crippen LogP contribution in [0.2, 0.25) is 0 Å². The molecular formula is C18H22O4. The number of esters is 2. The molecule has 1 aromatic carbocycles. The fourth-order valence-corrected chi connectivity index (χ4v) is 2.21. The molecule has 0 saturated carbocycles. The van der Waals surface area contributed by atoms with Crippen LogP contribution in [0, 0.1) is 12.3 Å². The van der Waals surface area contributed by atoms with E-state index in [0.29, 0.717) is 0 Å². The SMILES string of the molecule is C=CCC(C/C=C/c1ccc(C)cc1)(C(=O)OC)C(=O)OC. The van der Waals surface area contributed by atoms with E-state index in [1.807, 2.05) is 37.3 Å². The van der Waals surface area contributed by atoms with Gasteiger partial charge in [0.2, 0.25) is 0 Å². The maximum atomic E-state index is 12.1. The largest absolute Gasteiger partial charge is 0.468 e. The van der Waals surface area contributed by atoms with Crippen LogP contribution < -0.4 is 0 Å². The Kier molecular flexibility index (Phi) is 6.57.